The average Bonchev–Trinajstić information content (AvgIpc) is 3.33. The Hall–Kier alpha value is -0.870. The summed E-state index contributed by atoms with van der Waals surface area (Å²) < 4.78 is 27.4. The van der Waals surface area contributed by atoms with Crippen LogP contribution in [0.25, 0.3) is 0 Å². The van der Waals surface area contributed by atoms with Crippen molar-refractivity contribution >= 4 is 50.4 Å². The highest BCUT2D eigenvalue weighted by molar-refractivity contribution is 7.98. The Morgan fingerprint density at radius 3 is 2.93 bits per heavy atom. The lowest BCUT2D eigenvalue weighted by Gasteiger charge is -2.30. The van der Waals surface area contributed by atoms with Crippen LogP contribution in [0.4, 0.5) is 0 Å². The van der Waals surface area contributed by atoms with Gasteiger partial charge in [-0.15, -0.1) is 11.3 Å². The van der Waals surface area contributed by atoms with Crippen LogP contribution in [0.15, 0.2) is 33.2 Å². The molecule has 1 amide bonds. The summed E-state index contributed by atoms with van der Waals surface area (Å²) in [5.41, 5.74) is 1.31. The number of aryl methyl sites for hydroxylation is 1. The summed E-state index contributed by atoms with van der Waals surface area (Å²) in [7, 11) is -3.49. The lowest BCUT2D eigenvalue weighted by atomic mass is 9.99. The van der Waals surface area contributed by atoms with E-state index in [4.69, 9.17) is 0 Å². The predicted octanol–water partition coefficient (Wildman–Crippen LogP) is 3.57. The Balaban J connectivity index is 1.46. The van der Waals surface area contributed by atoms with E-state index in [0.29, 0.717) is 23.7 Å². The molecule has 3 rings (SSSR count). The molecular weight excluding hydrogens is 420 g/mol. The Morgan fingerprint density at radius 2 is 2.22 bits per heavy atom. The summed E-state index contributed by atoms with van der Waals surface area (Å²) in [5, 5.41) is 7.18. The number of nitrogens with zero attached hydrogens (tertiary/aromatic N) is 1. The van der Waals surface area contributed by atoms with Crippen molar-refractivity contribution in [3.05, 3.63) is 39.4 Å². The van der Waals surface area contributed by atoms with Crippen molar-refractivity contribution in [2.75, 3.05) is 25.4 Å². The molecule has 0 saturated carbocycles. The number of sulfonamides is 1. The van der Waals surface area contributed by atoms with Crippen LogP contribution in [-0.4, -0.2) is 44.0 Å². The van der Waals surface area contributed by atoms with Gasteiger partial charge in [0.2, 0.25) is 5.91 Å². The maximum Gasteiger partial charge on any atom is 0.252 e. The number of carbonyl (C=O) groups is 1. The van der Waals surface area contributed by atoms with E-state index in [2.05, 4.69) is 22.1 Å². The molecule has 0 aromatic carbocycles. The van der Waals surface area contributed by atoms with Gasteiger partial charge in [-0.3, -0.25) is 4.79 Å². The van der Waals surface area contributed by atoms with Crippen LogP contribution < -0.4 is 5.32 Å². The Kier molecular flexibility index (Phi) is 7.38. The maximum absolute atomic E-state index is 12.8. The van der Waals surface area contributed by atoms with Gasteiger partial charge in [-0.1, -0.05) is 0 Å². The summed E-state index contributed by atoms with van der Waals surface area (Å²) >= 11 is 4.77. The van der Waals surface area contributed by atoms with E-state index in [1.807, 2.05) is 13.0 Å². The van der Waals surface area contributed by atoms with Gasteiger partial charge in [0.05, 0.1) is 5.92 Å². The van der Waals surface area contributed by atoms with Crippen molar-refractivity contribution in [3.8, 4) is 0 Å². The summed E-state index contributed by atoms with van der Waals surface area (Å²) in [6, 6.07) is 5.59. The third-order valence-electron chi connectivity index (χ3n) is 4.46. The largest absolute Gasteiger partial charge is 0.355 e. The fourth-order valence-electron chi connectivity index (χ4n) is 3.01. The second-order valence-electron chi connectivity index (χ2n) is 6.54. The molecule has 148 valence electrons. The fourth-order valence-corrected chi connectivity index (χ4v) is 7.55. The molecule has 1 saturated heterocycles. The molecule has 2 aromatic heterocycles. The molecule has 1 aliphatic heterocycles. The molecule has 27 heavy (non-hydrogen) atoms. The van der Waals surface area contributed by atoms with Gasteiger partial charge in [0.1, 0.15) is 4.21 Å². The number of carbonyl (C=O) groups excluding carboxylic acids is 1. The number of hydrogen-bond acceptors (Lipinski definition) is 6. The normalized spacial score (nSPS) is 18.5. The Labute approximate surface area is 173 Å². The molecule has 2 aromatic rings. The van der Waals surface area contributed by atoms with Gasteiger partial charge in [-0.05, 0) is 54.3 Å². The van der Waals surface area contributed by atoms with Crippen LogP contribution in [0, 0.1) is 12.8 Å². The molecule has 1 aliphatic rings. The van der Waals surface area contributed by atoms with Gasteiger partial charge in [-0.25, -0.2) is 8.42 Å². The van der Waals surface area contributed by atoms with Crippen molar-refractivity contribution in [1.82, 2.24) is 9.62 Å². The first-order valence-corrected chi connectivity index (χ1v) is 13.3. The third-order valence-corrected chi connectivity index (χ3v) is 9.55. The third kappa shape index (κ3) is 5.57. The minimum Gasteiger partial charge on any atom is -0.355 e. The number of nitrogens with one attached hydrogen (secondary N) is 1. The smallest absolute Gasteiger partial charge is 0.252 e. The van der Waals surface area contributed by atoms with Gasteiger partial charge < -0.3 is 5.32 Å². The molecule has 1 fully saturated rings. The van der Waals surface area contributed by atoms with Crippen molar-refractivity contribution < 1.29 is 13.2 Å². The van der Waals surface area contributed by atoms with E-state index in [9.17, 15) is 13.2 Å². The number of thioether (sulfide) groups is 1. The standard InChI is InChI=1S/C18H24N2O3S4/c1-14-4-5-17(26-14)27(22,23)20-8-2-3-16(11-20)18(21)19-7-10-25-13-15-6-9-24-12-15/h4-6,9,12,16H,2-3,7-8,10-11,13H2,1H3,(H,19,21)/t16-/m1/s1. The molecular formula is C18H24N2O3S4. The summed E-state index contributed by atoms with van der Waals surface area (Å²) in [4.78, 5) is 13.4. The molecule has 0 aliphatic carbocycles. The minimum absolute atomic E-state index is 0.0339. The molecule has 1 N–H and O–H groups in total. The monoisotopic (exact) mass is 444 g/mol. The first kappa shape index (κ1) is 20.9. The van der Waals surface area contributed by atoms with Crippen molar-refractivity contribution in [3.63, 3.8) is 0 Å². The molecule has 0 unspecified atom stereocenters. The maximum atomic E-state index is 12.8. The zero-order valence-corrected chi connectivity index (χ0v) is 18.5. The van der Waals surface area contributed by atoms with Crippen LogP contribution in [-0.2, 0) is 20.6 Å². The zero-order valence-electron chi connectivity index (χ0n) is 15.2. The van der Waals surface area contributed by atoms with Gasteiger partial charge >= 0.3 is 0 Å². The van der Waals surface area contributed by atoms with Gasteiger partial charge in [0.15, 0.2) is 0 Å². The lowest BCUT2D eigenvalue weighted by molar-refractivity contribution is -0.125. The Bertz CT molecular complexity index is 846. The van der Waals surface area contributed by atoms with Crippen molar-refractivity contribution in [2.24, 2.45) is 5.92 Å². The fraction of sp³-hybridized carbons (Fsp3) is 0.500. The van der Waals surface area contributed by atoms with Gasteiger partial charge in [0.25, 0.3) is 10.0 Å². The van der Waals surface area contributed by atoms with E-state index >= 15 is 0 Å². The number of hydrogen-bond donors (Lipinski definition) is 1. The molecule has 5 nitrogen and oxygen atoms in total. The predicted molar refractivity (Wildman–Crippen MR) is 114 cm³/mol. The van der Waals surface area contributed by atoms with Gasteiger partial charge in [-0.2, -0.15) is 27.4 Å². The van der Waals surface area contributed by atoms with E-state index in [1.165, 1.54) is 21.2 Å². The minimum atomic E-state index is -3.49. The molecule has 0 radical (unpaired) electrons. The van der Waals surface area contributed by atoms with Crippen molar-refractivity contribution in [1.29, 1.82) is 0 Å². The summed E-state index contributed by atoms with van der Waals surface area (Å²) in [5.74, 6) is 1.50. The number of rotatable bonds is 8. The lowest BCUT2D eigenvalue weighted by Crippen LogP contribution is -2.45. The number of piperidine rings is 1. The van der Waals surface area contributed by atoms with Crippen LogP contribution in [0.5, 0.6) is 0 Å². The Morgan fingerprint density at radius 1 is 1.37 bits per heavy atom. The molecule has 3 heterocycles. The first-order chi connectivity index (χ1) is 13.0. The second kappa shape index (κ2) is 9.56. The van der Waals surface area contributed by atoms with Crippen LogP contribution in [0.1, 0.15) is 23.3 Å². The van der Waals surface area contributed by atoms with E-state index in [0.717, 1.165) is 22.8 Å². The highest BCUT2D eigenvalue weighted by atomic mass is 32.2. The SMILES string of the molecule is Cc1ccc(S(=O)(=O)N2CCC[C@@H](C(=O)NCCSCc3ccsc3)C2)s1. The van der Waals surface area contributed by atoms with Gasteiger partial charge in [0, 0.05) is 36.0 Å². The second-order valence-corrected chi connectivity index (χ2v) is 11.9. The molecule has 0 bridgehead atoms. The summed E-state index contributed by atoms with van der Waals surface area (Å²) in [6.45, 7) is 3.26. The van der Waals surface area contributed by atoms with Crippen LogP contribution in [0.3, 0.4) is 0 Å². The van der Waals surface area contributed by atoms with Crippen LogP contribution >= 0.6 is 34.4 Å². The van der Waals surface area contributed by atoms with E-state index in [1.54, 1.807) is 29.2 Å². The number of thiophene rings is 2. The van der Waals surface area contributed by atoms with E-state index in [-0.39, 0.29) is 18.4 Å². The quantitative estimate of drug-likeness (QED) is 0.632. The average molecular weight is 445 g/mol. The van der Waals surface area contributed by atoms with Crippen LogP contribution in [0.2, 0.25) is 0 Å². The topological polar surface area (TPSA) is 66.5 Å². The number of amides is 1. The highest BCUT2D eigenvalue weighted by Crippen LogP contribution is 2.28. The first-order valence-electron chi connectivity index (χ1n) is 8.90. The highest BCUT2D eigenvalue weighted by Gasteiger charge is 2.33. The molecule has 0 spiro atoms. The van der Waals surface area contributed by atoms with Crippen molar-refractivity contribution in [2.45, 2.75) is 29.7 Å². The zero-order chi connectivity index (χ0) is 19.3. The molecule has 1 atom stereocenters. The molecule has 9 heteroatoms. The van der Waals surface area contributed by atoms with E-state index < -0.39 is 10.0 Å². The summed E-state index contributed by atoms with van der Waals surface area (Å²) in [6.07, 6.45) is 1.46.